The number of rotatable bonds is 5. The largest absolute Gasteiger partial charge is 0.478 e. The third kappa shape index (κ3) is 5.66. The topological polar surface area (TPSA) is 116 Å². The van der Waals surface area contributed by atoms with Crippen LogP contribution < -0.4 is 0 Å². The lowest BCUT2D eigenvalue weighted by Crippen LogP contribution is -2.14. The first kappa shape index (κ1) is 21.6. The van der Waals surface area contributed by atoms with E-state index in [1.807, 2.05) is 50.2 Å². The van der Waals surface area contributed by atoms with Crippen molar-refractivity contribution in [1.82, 2.24) is 14.6 Å². The summed E-state index contributed by atoms with van der Waals surface area (Å²) in [6.45, 7) is 2.58. The summed E-state index contributed by atoms with van der Waals surface area (Å²) < 4.78 is 1.22. The molecule has 3 N–H and O–H groups in total. The quantitative estimate of drug-likeness (QED) is 0.448. The highest BCUT2D eigenvalue weighted by Gasteiger charge is 2.17. The van der Waals surface area contributed by atoms with Crippen molar-refractivity contribution in [3.63, 3.8) is 0 Å². The molecule has 8 heteroatoms. The number of aryl methyl sites for hydroxylation is 1. The van der Waals surface area contributed by atoms with Crippen LogP contribution in [0.4, 0.5) is 0 Å². The molecule has 0 amide bonds. The fraction of sp³-hybridized carbons (Fsp3) is 0.190. The molecule has 2 aromatic carbocycles. The zero-order chi connectivity index (χ0) is 21.6. The van der Waals surface area contributed by atoms with Gasteiger partial charge in [-0.3, -0.25) is 0 Å². The molecule has 1 aromatic heterocycles. The maximum absolute atomic E-state index is 10.5. The summed E-state index contributed by atoms with van der Waals surface area (Å²) in [5, 5.41) is 28.4. The van der Waals surface area contributed by atoms with E-state index in [2.05, 4.69) is 23.2 Å². The molecular weight excluding hydrogens is 374 g/mol. The fourth-order valence-corrected chi connectivity index (χ4v) is 2.77. The minimum atomic E-state index is -1.26. The van der Waals surface area contributed by atoms with Crippen molar-refractivity contribution in [2.75, 3.05) is 14.1 Å². The summed E-state index contributed by atoms with van der Waals surface area (Å²) in [4.78, 5) is 25.7. The summed E-state index contributed by atoms with van der Waals surface area (Å²) in [6.07, 6.45) is 1.12. The molecule has 29 heavy (non-hydrogen) atoms. The van der Waals surface area contributed by atoms with E-state index in [0.29, 0.717) is 24.5 Å². The molecule has 0 radical (unpaired) electrons. The molecule has 0 fully saturated rings. The van der Waals surface area contributed by atoms with Crippen molar-refractivity contribution in [3.05, 3.63) is 66.0 Å². The normalized spacial score (nSPS) is 10.9. The summed E-state index contributed by atoms with van der Waals surface area (Å²) in [5.41, 5.74) is 2.63. The van der Waals surface area contributed by atoms with Crippen LogP contribution in [0.2, 0.25) is 0 Å². The van der Waals surface area contributed by atoms with Crippen LogP contribution in [0.25, 0.3) is 22.2 Å². The molecule has 3 aromatic rings. The van der Waals surface area contributed by atoms with Crippen LogP contribution in [-0.4, -0.2) is 56.1 Å². The predicted molar refractivity (Wildman–Crippen MR) is 109 cm³/mol. The van der Waals surface area contributed by atoms with Crippen LogP contribution in [0.3, 0.4) is 0 Å². The lowest BCUT2D eigenvalue weighted by molar-refractivity contribution is -0.134. The lowest BCUT2D eigenvalue weighted by Gasteiger charge is -2.11. The zero-order valence-corrected chi connectivity index (χ0v) is 16.4. The average molecular weight is 397 g/mol. The minimum Gasteiger partial charge on any atom is -0.478 e. The fourth-order valence-electron chi connectivity index (χ4n) is 2.77. The summed E-state index contributed by atoms with van der Waals surface area (Å²) in [6, 6.07) is 14.2. The summed E-state index contributed by atoms with van der Waals surface area (Å²) in [7, 11) is 3.95. The van der Waals surface area contributed by atoms with E-state index in [0.717, 1.165) is 27.7 Å². The Morgan fingerprint density at radius 2 is 1.62 bits per heavy atom. The molecule has 0 aliphatic heterocycles. The number of aliphatic carboxylic acids is 2. The second-order valence-corrected chi connectivity index (χ2v) is 6.55. The van der Waals surface area contributed by atoms with Crippen molar-refractivity contribution in [1.29, 1.82) is 0 Å². The van der Waals surface area contributed by atoms with Crippen LogP contribution in [0.1, 0.15) is 11.4 Å². The highest BCUT2D eigenvalue weighted by molar-refractivity contribution is 5.95. The van der Waals surface area contributed by atoms with Crippen molar-refractivity contribution in [2.45, 2.75) is 13.5 Å². The number of carboxylic acids is 2. The van der Waals surface area contributed by atoms with Gasteiger partial charge >= 0.3 is 11.9 Å². The van der Waals surface area contributed by atoms with E-state index >= 15 is 0 Å². The Hall–Kier alpha value is -3.65. The van der Waals surface area contributed by atoms with Gasteiger partial charge in [-0.1, -0.05) is 42.5 Å². The molecule has 0 aliphatic rings. The monoisotopic (exact) mass is 397 g/mol. The lowest BCUT2D eigenvalue weighted by atomic mass is 10.0. The molecule has 0 atom stereocenters. The standard InChI is InChI=1S/C17H19N3O.C4H4O4/c1-12-16(11-19(2)3)20(21)17(18-12)15-10-6-8-13-7-4-5-9-14(13)15;5-3(6)1-2-4(7)8/h4-10,21H,11H2,1-3H3;1-2H,(H,5,6)(H,7,8)/b;2-1-. The van der Waals surface area contributed by atoms with Gasteiger partial charge in [-0.2, -0.15) is 4.73 Å². The van der Waals surface area contributed by atoms with Crippen LogP contribution in [0, 0.1) is 6.92 Å². The van der Waals surface area contributed by atoms with Gasteiger partial charge in [0, 0.05) is 24.3 Å². The second kappa shape index (κ2) is 9.52. The smallest absolute Gasteiger partial charge is 0.328 e. The van der Waals surface area contributed by atoms with E-state index in [9.17, 15) is 14.8 Å². The second-order valence-electron chi connectivity index (χ2n) is 6.55. The van der Waals surface area contributed by atoms with Gasteiger partial charge in [-0.05, 0) is 31.8 Å². The molecular formula is C21H23N3O5. The van der Waals surface area contributed by atoms with Crippen LogP contribution in [0.15, 0.2) is 54.6 Å². The van der Waals surface area contributed by atoms with Crippen LogP contribution >= 0.6 is 0 Å². The highest BCUT2D eigenvalue weighted by Crippen LogP contribution is 2.29. The average Bonchev–Trinajstić information content (AvgIpc) is 2.94. The third-order valence-electron chi connectivity index (χ3n) is 4.01. The maximum Gasteiger partial charge on any atom is 0.328 e. The zero-order valence-electron chi connectivity index (χ0n) is 16.4. The molecule has 152 valence electrons. The molecule has 8 nitrogen and oxygen atoms in total. The molecule has 0 unspecified atom stereocenters. The van der Waals surface area contributed by atoms with E-state index in [1.165, 1.54) is 4.73 Å². The van der Waals surface area contributed by atoms with Crippen LogP contribution in [0.5, 0.6) is 0 Å². The molecule has 3 rings (SSSR count). The highest BCUT2D eigenvalue weighted by atomic mass is 16.5. The van der Waals surface area contributed by atoms with Gasteiger partial charge in [0.1, 0.15) is 0 Å². The number of imidazole rings is 1. The van der Waals surface area contributed by atoms with Crippen molar-refractivity contribution in [3.8, 4) is 11.4 Å². The maximum atomic E-state index is 10.5. The van der Waals surface area contributed by atoms with Gasteiger partial charge < -0.3 is 20.3 Å². The minimum absolute atomic E-state index is 0.558. The molecule has 1 heterocycles. The first-order valence-corrected chi connectivity index (χ1v) is 8.75. The molecule has 0 saturated carbocycles. The number of aromatic nitrogens is 2. The number of hydrogen-bond acceptors (Lipinski definition) is 5. The van der Waals surface area contributed by atoms with E-state index < -0.39 is 11.9 Å². The number of hydrogen-bond donors (Lipinski definition) is 3. The van der Waals surface area contributed by atoms with Gasteiger partial charge in [0.15, 0.2) is 5.82 Å². The molecule has 0 aliphatic carbocycles. The van der Waals surface area contributed by atoms with Gasteiger partial charge in [-0.15, -0.1) is 0 Å². The van der Waals surface area contributed by atoms with Gasteiger partial charge in [-0.25, -0.2) is 14.6 Å². The first-order chi connectivity index (χ1) is 13.7. The van der Waals surface area contributed by atoms with E-state index in [-0.39, 0.29) is 0 Å². The SMILES string of the molecule is Cc1nc(-c2cccc3ccccc23)n(O)c1CN(C)C.O=C(O)/C=C\C(=O)O. The molecule has 0 saturated heterocycles. The van der Waals surface area contributed by atoms with E-state index in [4.69, 9.17) is 10.2 Å². The van der Waals surface area contributed by atoms with Gasteiger partial charge in [0.05, 0.1) is 11.4 Å². The number of fused-ring (bicyclic) bond motifs is 1. The Morgan fingerprint density at radius 3 is 2.21 bits per heavy atom. The van der Waals surface area contributed by atoms with E-state index in [1.54, 1.807) is 0 Å². The first-order valence-electron chi connectivity index (χ1n) is 8.75. The summed E-state index contributed by atoms with van der Waals surface area (Å²) in [5.74, 6) is -1.92. The Morgan fingerprint density at radius 1 is 1.03 bits per heavy atom. The number of carboxylic acid groups (broad SMARTS) is 2. The Kier molecular flexibility index (Phi) is 7.10. The van der Waals surface area contributed by atoms with Crippen molar-refractivity contribution in [2.24, 2.45) is 0 Å². The number of carbonyl (C=O) groups is 2. The number of nitrogens with zero attached hydrogens (tertiary/aromatic N) is 3. The van der Waals surface area contributed by atoms with Crippen molar-refractivity contribution >= 4 is 22.7 Å². The molecule has 0 bridgehead atoms. The molecule has 0 spiro atoms. The van der Waals surface area contributed by atoms with Gasteiger partial charge in [0.25, 0.3) is 0 Å². The Balaban J connectivity index is 0.000000321. The number of benzene rings is 2. The van der Waals surface area contributed by atoms with Gasteiger partial charge in [0.2, 0.25) is 0 Å². The Labute approximate surface area is 167 Å². The van der Waals surface area contributed by atoms with Crippen molar-refractivity contribution < 1.29 is 25.0 Å². The van der Waals surface area contributed by atoms with Crippen LogP contribution in [-0.2, 0) is 16.1 Å². The summed E-state index contributed by atoms with van der Waals surface area (Å²) >= 11 is 0. The predicted octanol–water partition coefficient (Wildman–Crippen LogP) is 3.02. The third-order valence-corrected chi connectivity index (χ3v) is 4.01. The Bertz CT molecular complexity index is 1030.